The normalized spacial score (nSPS) is 13.9. The molecule has 39 heavy (non-hydrogen) atoms. The summed E-state index contributed by atoms with van der Waals surface area (Å²) in [5, 5.41) is 10.4. The number of benzene rings is 3. The molecule has 9 heteroatoms. The van der Waals surface area contributed by atoms with Crippen molar-refractivity contribution < 1.29 is 33.6 Å². The Labute approximate surface area is 231 Å². The Bertz CT molecular complexity index is 1240. The van der Waals surface area contributed by atoms with Gasteiger partial charge in [-0.25, -0.2) is 0 Å². The molecule has 1 atom stereocenters. The summed E-state index contributed by atoms with van der Waals surface area (Å²) in [5.41, 5.74) is 5.08. The smallest absolute Gasteiger partial charge is 0.391 e. The van der Waals surface area contributed by atoms with E-state index in [2.05, 4.69) is 25.7 Å². The van der Waals surface area contributed by atoms with Gasteiger partial charge in [0.15, 0.2) is 11.5 Å². The molecule has 0 spiro atoms. The number of hydrogen-bond donors (Lipinski definition) is 3. The van der Waals surface area contributed by atoms with Crippen molar-refractivity contribution >= 4 is 19.7 Å². The number of hydrogen-bond acceptors (Lipinski definition) is 8. The third-order valence-corrected chi connectivity index (χ3v) is 7.03. The lowest BCUT2D eigenvalue weighted by Crippen LogP contribution is -2.35. The lowest BCUT2D eigenvalue weighted by molar-refractivity contribution is 0.0716. The van der Waals surface area contributed by atoms with Gasteiger partial charge in [-0.05, 0) is 83.7 Å². The molecule has 0 fully saturated rings. The molecule has 3 N–H and O–H groups in total. The summed E-state index contributed by atoms with van der Waals surface area (Å²) >= 11 is 0. The number of allylic oxidation sites excluding steroid dienone is 1. The molecule has 4 rings (SSSR count). The average Bonchev–Trinajstić information content (AvgIpc) is 3.42. The van der Waals surface area contributed by atoms with Gasteiger partial charge in [0.05, 0.1) is 0 Å². The number of nitrogens with zero attached hydrogens (tertiary/aromatic N) is 1. The summed E-state index contributed by atoms with van der Waals surface area (Å²) in [6.07, 6.45) is 0.180. The summed E-state index contributed by atoms with van der Waals surface area (Å²) < 4.78 is 22.1. The van der Waals surface area contributed by atoms with Crippen LogP contribution in [0.15, 0.2) is 66.7 Å². The standard InChI is InChI=1S/C30H36NO7P/c1-4-27(23-11-16-28-29(17-23)37-20-36-28)30(22-9-14-26(15-10-22)38-39(33)34)21-7-12-25(13-8-21)35-19-24(32)18-31(5-2)6-3/h7-17,24,32-34H,4-6,18-20H2,1-3H3. The van der Waals surface area contributed by atoms with Crippen molar-refractivity contribution in [1.82, 2.24) is 4.90 Å². The lowest BCUT2D eigenvalue weighted by Gasteiger charge is -2.22. The molecule has 0 saturated heterocycles. The Morgan fingerprint density at radius 1 is 0.846 bits per heavy atom. The highest BCUT2D eigenvalue weighted by Gasteiger charge is 2.19. The maximum absolute atomic E-state index is 10.4. The van der Waals surface area contributed by atoms with Crippen LogP contribution in [-0.2, 0) is 0 Å². The largest absolute Gasteiger partial charge is 0.491 e. The molecule has 208 valence electrons. The van der Waals surface area contributed by atoms with Crippen LogP contribution in [0.2, 0.25) is 0 Å². The molecule has 1 unspecified atom stereocenters. The van der Waals surface area contributed by atoms with E-state index in [9.17, 15) is 14.9 Å². The summed E-state index contributed by atoms with van der Waals surface area (Å²) in [6, 6.07) is 21.0. The second-order valence-electron chi connectivity index (χ2n) is 9.12. The van der Waals surface area contributed by atoms with Crippen molar-refractivity contribution in [1.29, 1.82) is 0 Å². The van der Waals surface area contributed by atoms with Gasteiger partial charge in [0.2, 0.25) is 6.79 Å². The highest BCUT2D eigenvalue weighted by atomic mass is 31.2. The quantitative estimate of drug-likeness (QED) is 0.190. The molecule has 1 aliphatic heterocycles. The number of rotatable bonds is 13. The molecule has 3 aromatic carbocycles. The average molecular weight is 554 g/mol. The Kier molecular flexibility index (Phi) is 10.2. The van der Waals surface area contributed by atoms with Crippen LogP contribution in [0.25, 0.3) is 11.1 Å². The van der Waals surface area contributed by atoms with Crippen LogP contribution in [0, 0.1) is 0 Å². The van der Waals surface area contributed by atoms with Crippen molar-refractivity contribution in [2.45, 2.75) is 33.3 Å². The van der Waals surface area contributed by atoms with Gasteiger partial charge < -0.3 is 38.5 Å². The fourth-order valence-corrected chi connectivity index (χ4v) is 4.95. The molecule has 0 saturated carbocycles. The SMILES string of the molecule is CCC(=C(c1ccc(OCC(O)CN(CC)CC)cc1)c1ccc(OP(O)O)cc1)c1ccc2c(c1)OCO2. The van der Waals surface area contributed by atoms with E-state index in [1.54, 1.807) is 12.1 Å². The van der Waals surface area contributed by atoms with Gasteiger partial charge in [0.25, 0.3) is 0 Å². The van der Waals surface area contributed by atoms with Crippen LogP contribution in [-0.4, -0.2) is 58.9 Å². The second-order valence-corrected chi connectivity index (χ2v) is 9.81. The Morgan fingerprint density at radius 2 is 1.44 bits per heavy atom. The zero-order valence-corrected chi connectivity index (χ0v) is 23.4. The minimum Gasteiger partial charge on any atom is -0.491 e. The molecule has 0 aromatic heterocycles. The van der Waals surface area contributed by atoms with E-state index in [-0.39, 0.29) is 13.4 Å². The van der Waals surface area contributed by atoms with E-state index in [1.807, 2.05) is 54.6 Å². The first-order valence-corrected chi connectivity index (χ1v) is 14.3. The maximum Gasteiger partial charge on any atom is 0.391 e. The fraction of sp³-hybridized carbons (Fsp3) is 0.333. The summed E-state index contributed by atoms with van der Waals surface area (Å²) in [7, 11) is -2.49. The summed E-state index contributed by atoms with van der Waals surface area (Å²) in [6.45, 7) is 9.03. The minimum absolute atomic E-state index is 0.210. The summed E-state index contributed by atoms with van der Waals surface area (Å²) in [4.78, 5) is 20.6. The topological polar surface area (TPSA) is 101 Å². The van der Waals surface area contributed by atoms with Crippen LogP contribution in [0.5, 0.6) is 23.0 Å². The highest BCUT2D eigenvalue weighted by molar-refractivity contribution is 7.39. The van der Waals surface area contributed by atoms with E-state index >= 15 is 0 Å². The van der Waals surface area contributed by atoms with Crippen molar-refractivity contribution in [3.05, 3.63) is 83.4 Å². The fourth-order valence-electron chi connectivity index (χ4n) is 4.64. The zero-order chi connectivity index (χ0) is 27.8. The molecule has 0 radical (unpaired) electrons. The van der Waals surface area contributed by atoms with Gasteiger partial charge in [0.1, 0.15) is 24.2 Å². The molecule has 1 aliphatic rings. The predicted molar refractivity (Wildman–Crippen MR) is 153 cm³/mol. The summed E-state index contributed by atoms with van der Waals surface area (Å²) in [5.74, 6) is 2.50. The molecular weight excluding hydrogens is 517 g/mol. The molecule has 0 aliphatic carbocycles. The van der Waals surface area contributed by atoms with Gasteiger partial charge in [-0.3, -0.25) is 0 Å². The molecule has 0 bridgehead atoms. The third kappa shape index (κ3) is 7.50. The molecular formula is C30H36NO7P. The number of likely N-dealkylation sites (N-methyl/N-ethyl adjacent to an activating group) is 1. The van der Waals surface area contributed by atoms with Gasteiger partial charge in [-0.2, -0.15) is 0 Å². The Balaban J connectivity index is 1.65. The number of ether oxygens (including phenoxy) is 3. The Hall–Kier alpha value is -3.13. The van der Waals surface area contributed by atoms with Gasteiger partial charge in [-0.15, -0.1) is 0 Å². The lowest BCUT2D eigenvalue weighted by atomic mass is 9.88. The maximum atomic E-state index is 10.4. The first kappa shape index (κ1) is 28.9. The van der Waals surface area contributed by atoms with Crippen molar-refractivity contribution in [3.63, 3.8) is 0 Å². The first-order valence-electron chi connectivity index (χ1n) is 13.1. The van der Waals surface area contributed by atoms with Crippen LogP contribution >= 0.6 is 8.60 Å². The zero-order valence-electron chi connectivity index (χ0n) is 22.5. The highest BCUT2D eigenvalue weighted by Crippen LogP contribution is 2.40. The van der Waals surface area contributed by atoms with Crippen LogP contribution < -0.4 is 18.7 Å². The van der Waals surface area contributed by atoms with E-state index in [4.69, 9.17) is 18.7 Å². The molecule has 8 nitrogen and oxygen atoms in total. The van der Waals surface area contributed by atoms with Gasteiger partial charge in [-0.1, -0.05) is 51.1 Å². The molecule has 0 amide bonds. The van der Waals surface area contributed by atoms with Crippen molar-refractivity contribution in [3.8, 4) is 23.0 Å². The van der Waals surface area contributed by atoms with E-state index < -0.39 is 14.7 Å². The van der Waals surface area contributed by atoms with E-state index in [0.717, 1.165) is 53.1 Å². The third-order valence-electron chi connectivity index (χ3n) is 6.66. The van der Waals surface area contributed by atoms with Gasteiger partial charge >= 0.3 is 8.60 Å². The van der Waals surface area contributed by atoms with Crippen LogP contribution in [0.3, 0.4) is 0 Å². The monoisotopic (exact) mass is 553 g/mol. The van der Waals surface area contributed by atoms with E-state index in [0.29, 0.717) is 23.8 Å². The van der Waals surface area contributed by atoms with Crippen molar-refractivity contribution in [2.24, 2.45) is 0 Å². The number of aliphatic hydroxyl groups is 1. The molecule has 3 aromatic rings. The second kappa shape index (κ2) is 13.8. The molecule has 1 heterocycles. The predicted octanol–water partition coefficient (Wildman–Crippen LogP) is 5.46. The minimum atomic E-state index is -2.49. The van der Waals surface area contributed by atoms with E-state index in [1.165, 1.54) is 0 Å². The number of fused-ring (bicyclic) bond motifs is 1. The Morgan fingerprint density at radius 3 is 2.03 bits per heavy atom. The number of aliphatic hydroxyl groups excluding tert-OH is 1. The van der Waals surface area contributed by atoms with Gasteiger partial charge in [0, 0.05) is 6.54 Å². The van der Waals surface area contributed by atoms with Crippen LogP contribution in [0.1, 0.15) is 43.9 Å². The van der Waals surface area contributed by atoms with Crippen LogP contribution in [0.4, 0.5) is 0 Å². The van der Waals surface area contributed by atoms with Crippen molar-refractivity contribution in [2.75, 3.05) is 33.0 Å². The first-order chi connectivity index (χ1) is 18.9.